The molecule has 2 aromatic rings. The van der Waals surface area contributed by atoms with Crippen molar-refractivity contribution in [1.82, 2.24) is 14.8 Å². The molecule has 1 aliphatic heterocycles. The normalized spacial score (nSPS) is 17.3. The smallest absolute Gasteiger partial charge is 0.268 e. The minimum absolute atomic E-state index is 0.0934. The van der Waals surface area contributed by atoms with E-state index < -0.39 is 11.5 Å². The van der Waals surface area contributed by atoms with Crippen LogP contribution in [0.5, 0.6) is 5.75 Å². The Balaban J connectivity index is 1.65. The molecule has 2 N–H and O–H groups in total. The lowest BCUT2D eigenvalue weighted by atomic mass is 9.83. The molecule has 0 bridgehead atoms. The lowest BCUT2D eigenvalue weighted by molar-refractivity contribution is 0.0943. The highest BCUT2D eigenvalue weighted by atomic mass is 32.1. The molecular formula is C21H31N3O3S. The summed E-state index contributed by atoms with van der Waals surface area (Å²) in [6.45, 7) is 12.0. The predicted molar refractivity (Wildman–Crippen MR) is 115 cm³/mol. The number of hydrogen-bond donors (Lipinski definition) is 2. The van der Waals surface area contributed by atoms with E-state index in [1.54, 1.807) is 10.6 Å². The third kappa shape index (κ3) is 4.25. The summed E-state index contributed by atoms with van der Waals surface area (Å²) in [6, 6.07) is 1.66. The fourth-order valence-electron chi connectivity index (χ4n) is 3.77. The third-order valence-corrected chi connectivity index (χ3v) is 6.59. The number of carbonyl (C=O) groups is 1. The molecule has 0 radical (unpaired) electrons. The van der Waals surface area contributed by atoms with Crippen LogP contribution in [0.1, 0.15) is 63.4 Å². The fraction of sp³-hybridized carbons (Fsp3) is 0.619. The summed E-state index contributed by atoms with van der Waals surface area (Å²) in [5.41, 5.74) is -0.156. The van der Waals surface area contributed by atoms with Crippen LogP contribution in [0.4, 0.5) is 0 Å². The number of likely N-dealkylation sites (tertiary alicyclic amines) is 1. The summed E-state index contributed by atoms with van der Waals surface area (Å²) in [5.74, 6) is -0.710. The van der Waals surface area contributed by atoms with E-state index >= 15 is 0 Å². The second-order valence-electron chi connectivity index (χ2n) is 8.75. The number of amides is 1. The highest BCUT2D eigenvalue weighted by Crippen LogP contribution is 2.32. The van der Waals surface area contributed by atoms with Gasteiger partial charge in [0.1, 0.15) is 16.1 Å². The van der Waals surface area contributed by atoms with Crippen molar-refractivity contribution in [3.05, 3.63) is 27.4 Å². The first-order chi connectivity index (χ1) is 13.2. The number of aromatic hydroxyl groups is 1. The van der Waals surface area contributed by atoms with Gasteiger partial charge >= 0.3 is 0 Å². The van der Waals surface area contributed by atoms with Crippen LogP contribution in [0.15, 0.2) is 16.2 Å². The number of piperidine rings is 1. The van der Waals surface area contributed by atoms with Crippen LogP contribution < -0.4 is 10.9 Å². The van der Waals surface area contributed by atoms with Crippen molar-refractivity contribution in [2.24, 2.45) is 5.41 Å². The minimum atomic E-state index is -0.496. The molecule has 1 aliphatic rings. The summed E-state index contributed by atoms with van der Waals surface area (Å²) in [7, 11) is 0. The van der Waals surface area contributed by atoms with Crippen molar-refractivity contribution in [1.29, 1.82) is 0 Å². The van der Waals surface area contributed by atoms with E-state index in [1.165, 1.54) is 24.2 Å². The number of hydrogen-bond acceptors (Lipinski definition) is 5. The molecule has 28 heavy (non-hydrogen) atoms. The predicted octanol–water partition coefficient (Wildman–Crippen LogP) is 3.59. The number of nitrogens with zero attached hydrogens (tertiary/aromatic N) is 2. The van der Waals surface area contributed by atoms with Crippen LogP contribution >= 0.6 is 11.3 Å². The summed E-state index contributed by atoms with van der Waals surface area (Å²) in [5, 5.41) is 15.7. The van der Waals surface area contributed by atoms with E-state index in [2.05, 4.69) is 24.1 Å². The number of thiophene rings is 1. The van der Waals surface area contributed by atoms with Gasteiger partial charge in [-0.3, -0.25) is 14.2 Å². The molecule has 0 aromatic carbocycles. The molecule has 1 fully saturated rings. The van der Waals surface area contributed by atoms with Gasteiger partial charge in [-0.05, 0) is 69.6 Å². The summed E-state index contributed by atoms with van der Waals surface area (Å²) < 4.78 is 1.59. The first-order valence-electron chi connectivity index (χ1n) is 10.1. The van der Waals surface area contributed by atoms with E-state index in [9.17, 15) is 14.7 Å². The van der Waals surface area contributed by atoms with Crippen molar-refractivity contribution < 1.29 is 9.90 Å². The second kappa shape index (κ2) is 8.25. The standard InChI is InChI=1S/C21H31N3O3S/c1-14(2)24-19(27)16(17(25)15-6-13-28-20(15)24)18(26)22-9-5-10-23-11-7-21(3,4)8-12-23/h6,13-14,25H,5,7-12H2,1-4H3,(H,22,26). The fourth-order valence-corrected chi connectivity index (χ4v) is 4.80. The van der Waals surface area contributed by atoms with Crippen LogP contribution in [-0.4, -0.2) is 46.7 Å². The maximum absolute atomic E-state index is 12.9. The molecule has 3 heterocycles. The van der Waals surface area contributed by atoms with E-state index in [1.807, 2.05) is 19.2 Å². The van der Waals surface area contributed by atoms with Crippen molar-refractivity contribution in [3.63, 3.8) is 0 Å². The van der Waals surface area contributed by atoms with Crippen LogP contribution in [0.3, 0.4) is 0 Å². The number of carbonyl (C=O) groups excluding carboxylic acids is 1. The number of pyridine rings is 1. The Morgan fingerprint density at radius 2 is 2.00 bits per heavy atom. The van der Waals surface area contributed by atoms with Gasteiger partial charge in [0.25, 0.3) is 11.5 Å². The second-order valence-corrected chi connectivity index (χ2v) is 9.64. The van der Waals surface area contributed by atoms with Crippen LogP contribution in [-0.2, 0) is 0 Å². The molecule has 0 aliphatic carbocycles. The Hall–Kier alpha value is -1.86. The van der Waals surface area contributed by atoms with Crippen LogP contribution in [0.2, 0.25) is 0 Å². The largest absolute Gasteiger partial charge is 0.506 e. The van der Waals surface area contributed by atoms with Crippen molar-refractivity contribution in [3.8, 4) is 5.75 Å². The van der Waals surface area contributed by atoms with Crippen molar-refractivity contribution >= 4 is 27.5 Å². The maximum atomic E-state index is 12.9. The van der Waals surface area contributed by atoms with Gasteiger partial charge in [0.15, 0.2) is 0 Å². The summed E-state index contributed by atoms with van der Waals surface area (Å²) in [6.07, 6.45) is 3.22. The van der Waals surface area contributed by atoms with E-state index in [4.69, 9.17) is 0 Å². The SMILES string of the molecule is CC(C)n1c(=O)c(C(=O)NCCCN2CCC(C)(C)CC2)c(O)c2ccsc21. The van der Waals surface area contributed by atoms with Gasteiger partial charge in [-0.2, -0.15) is 0 Å². The molecule has 6 nitrogen and oxygen atoms in total. The Morgan fingerprint density at radius 1 is 1.32 bits per heavy atom. The number of fused-ring (bicyclic) bond motifs is 1. The van der Waals surface area contributed by atoms with Crippen molar-refractivity contribution in [2.75, 3.05) is 26.2 Å². The molecule has 0 atom stereocenters. The minimum Gasteiger partial charge on any atom is -0.506 e. The third-order valence-electron chi connectivity index (χ3n) is 5.68. The lowest BCUT2D eigenvalue weighted by Crippen LogP contribution is -2.39. The quantitative estimate of drug-likeness (QED) is 0.720. The summed E-state index contributed by atoms with van der Waals surface area (Å²) >= 11 is 1.39. The molecule has 1 saturated heterocycles. The molecule has 0 spiro atoms. The topological polar surface area (TPSA) is 74.6 Å². The zero-order chi connectivity index (χ0) is 20.5. The Labute approximate surface area is 170 Å². The molecule has 0 saturated carbocycles. The average molecular weight is 406 g/mol. The van der Waals surface area contributed by atoms with E-state index in [0.29, 0.717) is 22.2 Å². The van der Waals surface area contributed by atoms with E-state index in [0.717, 1.165) is 26.1 Å². The molecular weight excluding hydrogens is 374 g/mol. The van der Waals surface area contributed by atoms with Gasteiger partial charge in [0.2, 0.25) is 0 Å². The van der Waals surface area contributed by atoms with Crippen molar-refractivity contribution in [2.45, 2.75) is 53.0 Å². The Bertz CT molecular complexity index is 903. The first-order valence-corrected chi connectivity index (χ1v) is 10.9. The number of nitrogens with one attached hydrogen (secondary N) is 1. The zero-order valence-corrected chi connectivity index (χ0v) is 18.1. The lowest BCUT2D eigenvalue weighted by Gasteiger charge is -2.36. The molecule has 2 aromatic heterocycles. The van der Waals surface area contributed by atoms with Gasteiger partial charge in [-0.1, -0.05) is 13.8 Å². The van der Waals surface area contributed by atoms with Gasteiger partial charge in [-0.25, -0.2) is 0 Å². The summed E-state index contributed by atoms with van der Waals surface area (Å²) in [4.78, 5) is 28.7. The molecule has 3 rings (SSSR count). The van der Waals surface area contributed by atoms with Crippen LogP contribution in [0.25, 0.3) is 10.2 Å². The van der Waals surface area contributed by atoms with Gasteiger partial charge in [0.05, 0.1) is 5.39 Å². The molecule has 0 unspecified atom stereocenters. The average Bonchev–Trinajstić information content (AvgIpc) is 3.09. The monoisotopic (exact) mass is 405 g/mol. The number of rotatable bonds is 6. The van der Waals surface area contributed by atoms with Gasteiger partial charge in [0, 0.05) is 12.6 Å². The molecule has 154 valence electrons. The maximum Gasteiger partial charge on any atom is 0.268 e. The number of aromatic nitrogens is 1. The highest BCUT2D eigenvalue weighted by Gasteiger charge is 2.26. The zero-order valence-electron chi connectivity index (χ0n) is 17.2. The van der Waals surface area contributed by atoms with Crippen LogP contribution in [0, 0.1) is 5.41 Å². The van der Waals surface area contributed by atoms with E-state index in [-0.39, 0.29) is 17.4 Å². The molecule has 1 amide bonds. The van der Waals surface area contributed by atoms with Gasteiger partial charge < -0.3 is 15.3 Å². The highest BCUT2D eigenvalue weighted by molar-refractivity contribution is 7.16. The Kier molecular flexibility index (Phi) is 6.15. The molecule has 7 heteroatoms. The van der Waals surface area contributed by atoms with Gasteiger partial charge in [-0.15, -0.1) is 11.3 Å². The Morgan fingerprint density at radius 3 is 2.64 bits per heavy atom. The first kappa shape index (κ1) is 20.9.